The topological polar surface area (TPSA) is 64.2 Å². The highest BCUT2D eigenvalue weighted by Gasteiger charge is 2.17. The van der Waals surface area contributed by atoms with Crippen LogP contribution in [0.1, 0.15) is 15.9 Å². The van der Waals surface area contributed by atoms with Crippen LogP contribution in [0.2, 0.25) is 0 Å². The van der Waals surface area contributed by atoms with E-state index in [1.165, 1.54) is 6.20 Å². The number of carbonyl (C=O) groups excluding carboxylic acids is 1. The molecule has 5 nitrogen and oxygen atoms in total. The van der Waals surface area contributed by atoms with Gasteiger partial charge in [-0.05, 0) is 24.6 Å². The highest BCUT2D eigenvalue weighted by Crippen LogP contribution is 2.37. The Morgan fingerprint density at radius 2 is 2.00 bits per heavy atom. The van der Waals surface area contributed by atoms with Gasteiger partial charge in [-0.3, -0.25) is 9.89 Å². The van der Waals surface area contributed by atoms with Crippen LogP contribution in [0.15, 0.2) is 18.3 Å². The molecule has 0 fully saturated rings. The molecule has 0 atom stereocenters. The fraction of sp³-hybridized carbons (Fsp3) is 0.231. The van der Waals surface area contributed by atoms with Crippen molar-refractivity contribution in [2.24, 2.45) is 0 Å². The van der Waals surface area contributed by atoms with E-state index < -0.39 is 0 Å². The van der Waals surface area contributed by atoms with Crippen LogP contribution in [0.4, 0.5) is 0 Å². The van der Waals surface area contributed by atoms with Crippen molar-refractivity contribution in [1.82, 2.24) is 10.2 Å². The predicted molar refractivity (Wildman–Crippen MR) is 65.1 cm³/mol. The van der Waals surface area contributed by atoms with Gasteiger partial charge in [-0.2, -0.15) is 5.10 Å². The number of aldehydes is 1. The zero-order valence-corrected chi connectivity index (χ0v) is 9.90. The molecule has 5 heteroatoms. The van der Waals surface area contributed by atoms with Gasteiger partial charge in [-0.25, -0.2) is 0 Å². The minimum Gasteiger partial charge on any atom is -0.486 e. The first kappa shape index (κ1) is 10.8. The van der Waals surface area contributed by atoms with Gasteiger partial charge >= 0.3 is 0 Å². The molecule has 1 aromatic heterocycles. The number of aryl methyl sites for hydroxylation is 1. The number of hydrogen-bond donors (Lipinski definition) is 1. The molecule has 3 rings (SSSR count). The first-order chi connectivity index (χ1) is 8.79. The summed E-state index contributed by atoms with van der Waals surface area (Å²) in [7, 11) is 0. The third kappa shape index (κ3) is 1.64. The smallest absolute Gasteiger partial charge is 0.162 e. The molecular weight excluding hydrogens is 232 g/mol. The lowest BCUT2D eigenvalue weighted by atomic mass is 10.0. The van der Waals surface area contributed by atoms with Crippen LogP contribution in [0, 0.1) is 6.92 Å². The summed E-state index contributed by atoms with van der Waals surface area (Å²) >= 11 is 0. The van der Waals surface area contributed by atoms with E-state index in [-0.39, 0.29) is 0 Å². The number of rotatable bonds is 2. The Morgan fingerprint density at radius 3 is 2.72 bits per heavy atom. The quantitative estimate of drug-likeness (QED) is 0.820. The second-order valence-electron chi connectivity index (χ2n) is 4.13. The summed E-state index contributed by atoms with van der Waals surface area (Å²) in [6, 6.07) is 3.80. The van der Waals surface area contributed by atoms with Crippen molar-refractivity contribution in [3.05, 3.63) is 29.5 Å². The zero-order valence-electron chi connectivity index (χ0n) is 9.90. The standard InChI is InChI=1S/C13H12N2O3/c1-8-4-11-12(18-3-2-17-11)5-10(8)13-9(7-16)6-14-15-13/h4-7H,2-3H2,1H3,(H,14,15). The van der Waals surface area contributed by atoms with Crippen LogP contribution in [-0.4, -0.2) is 29.7 Å². The van der Waals surface area contributed by atoms with Gasteiger partial charge < -0.3 is 9.47 Å². The number of benzene rings is 1. The van der Waals surface area contributed by atoms with Gasteiger partial charge in [0.2, 0.25) is 0 Å². The molecule has 0 bridgehead atoms. The molecule has 0 amide bonds. The molecule has 0 spiro atoms. The number of nitrogens with one attached hydrogen (secondary N) is 1. The fourth-order valence-corrected chi connectivity index (χ4v) is 2.06. The average Bonchev–Trinajstić information content (AvgIpc) is 2.86. The molecule has 1 N–H and O–H groups in total. The highest BCUT2D eigenvalue weighted by molar-refractivity contribution is 5.86. The number of fused-ring (bicyclic) bond motifs is 1. The lowest BCUT2D eigenvalue weighted by Crippen LogP contribution is -2.15. The molecular formula is C13H12N2O3. The molecule has 0 saturated carbocycles. The number of aromatic nitrogens is 2. The SMILES string of the molecule is Cc1cc2c(cc1-c1[nH]ncc1C=O)OCCO2. The van der Waals surface area contributed by atoms with Gasteiger partial charge in [0.05, 0.1) is 17.5 Å². The first-order valence-corrected chi connectivity index (χ1v) is 5.69. The summed E-state index contributed by atoms with van der Waals surface area (Å²) < 4.78 is 11.1. The molecule has 1 aliphatic rings. The minimum absolute atomic E-state index is 0.537. The molecule has 2 aromatic rings. The summed E-state index contributed by atoms with van der Waals surface area (Å²) in [5, 5.41) is 6.74. The van der Waals surface area contributed by atoms with E-state index in [2.05, 4.69) is 10.2 Å². The zero-order chi connectivity index (χ0) is 12.5. The Hall–Kier alpha value is -2.30. The highest BCUT2D eigenvalue weighted by atomic mass is 16.6. The van der Waals surface area contributed by atoms with Gasteiger partial charge in [0.1, 0.15) is 13.2 Å². The molecule has 0 aliphatic carbocycles. The summed E-state index contributed by atoms with van der Waals surface area (Å²) in [6.45, 7) is 3.07. The number of nitrogens with zero attached hydrogens (tertiary/aromatic N) is 1. The van der Waals surface area contributed by atoms with Crippen molar-refractivity contribution in [2.75, 3.05) is 13.2 Å². The summed E-state index contributed by atoms with van der Waals surface area (Å²) in [5.41, 5.74) is 3.15. The Balaban J connectivity index is 2.15. The molecule has 18 heavy (non-hydrogen) atoms. The van der Waals surface area contributed by atoms with Crippen LogP contribution < -0.4 is 9.47 Å². The number of hydrogen-bond acceptors (Lipinski definition) is 4. The van der Waals surface area contributed by atoms with E-state index in [1.807, 2.05) is 19.1 Å². The van der Waals surface area contributed by atoms with E-state index >= 15 is 0 Å². The van der Waals surface area contributed by atoms with E-state index in [1.54, 1.807) is 0 Å². The molecule has 0 saturated heterocycles. The molecule has 1 aliphatic heterocycles. The van der Waals surface area contributed by atoms with Crippen molar-refractivity contribution in [3.8, 4) is 22.8 Å². The largest absolute Gasteiger partial charge is 0.486 e. The number of ether oxygens (including phenoxy) is 2. The number of H-pyrrole nitrogens is 1. The van der Waals surface area contributed by atoms with Crippen LogP contribution in [0.3, 0.4) is 0 Å². The molecule has 1 aromatic carbocycles. The van der Waals surface area contributed by atoms with Crippen LogP contribution >= 0.6 is 0 Å². The van der Waals surface area contributed by atoms with E-state index in [0.29, 0.717) is 30.2 Å². The summed E-state index contributed by atoms with van der Waals surface area (Å²) in [5.74, 6) is 1.45. The fourth-order valence-electron chi connectivity index (χ4n) is 2.06. The van der Waals surface area contributed by atoms with Gasteiger partial charge in [0, 0.05) is 5.56 Å². The number of carbonyl (C=O) groups is 1. The lowest BCUT2D eigenvalue weighted by Gasteiger charge is -2.20. The third-order valence-electron chi connectivity index (χ3n) is 2.95. The maximum absolute atomic E-state index is 10.9. The van der Waals surface area contributed by atoms with E-state index in [0.717, 1.165) is 23.2 Å². The monoisotopic (exact) mass is 244 g/mol. The summed E-state index contributed by atoms with van der Waals surface area (Å²) in [6.07, 6.45) is 2.30. The van der Waals surface area contributed by atoms with Crippen molar-refractivity contribution < 1.29 is 14.3 Å². The lowest BCUT2D eigenvalue weighted by molar-refractivity contribution is 0.112. The molecule has 2 heterocycles. The van der Waals surface area contributed by atoms with Gasteiger partial charge in [-0.1, -0.05) is 0 Å². The first-order valence-electron chi connectivity index (χ1n) is 5.69. The predicted octanol–water partition coefficient (Wildman–Crippen LogP) is 1.97. The van der Waals surface area contributed by atoms with Crippen LogP contribution in [-0.2, 0) is 0 Å². The van der Waals surface area contributed by atoms with Crippen molar-refractivity contribution in [3.63, 3.8) is 0 Å². The van der Waals surface area contributed by atoms with Gasteiger partial charge in [-0.15, -0.1) is 0 Å². The van der Waals surface area contributed by atoms with Gasteiger partial charge in [0.15, 0.2) is 17.8 Å². The van der Waals surface area contributed by atoms with Crippen molar-refractivity contribution in [2.45, 2.75) is 6.92 Å². The minimum atomic E-state index is 0.537. The van der Waals surface area contributed by atoms with E-state index in [9.17, 15) is 4.79 Å². The normalized spacial score (nSPS) is 13.4. The molecule has 0 unspecified atom stereocenters. The maximum atomic E-state index is 10.9. The maximum Gasteiger partial charge on any atom is 0.162 e. The average molecular weight is 244 g/mol. The Morgan fingerprint density at radius 1 is 1.28 bits per heavy atom. The number of aromatic amines is 1. The Bertz CT molecular complexity index is 604. The second-order valence-corrected chi connectivity index (χ2v) is 4.13. The molecule has 92 valence electrons. The third-order valence-corrected chi connectivity index (χ3v) is 2.95. The summed E-state index contributed by atoms with van der Waals surface area (Å²) in [4.78, 5) is 10.9. The van der Waals surface area contributed by atoms with Crippen molar-refractivity contribution >= 4 is 6.29 Å². The van der Waals surface area contributed by atoms with Crippen molar-refractivity contribution in [1.29, 1.82) is 0 Å². The van der Waals surface area contributed by atoms with Crippen LogP contribution in [0.5, 0.6) is 11.5 Å². The Kier molecular flexibility index (Phi) is 2.51. The Labute approximate surface area is 104 Å². The molecule has 0 radical (unpaired) electrons. The van der Waals surface area contributed by atoms with Crippen LogP contribution in [0.25, 0.3) is 11.3 Å². The van der Waals surface area contributed by atoms with E-state index in [4.69, 9.17) is 9.47 Å². The van der Waals surface area contributed by atoms with Gasteiger partial charge in [0.25, 0.3) is 0 Å². The second kappa shape index (κ2) is 4.18.